The largest absolute Gasteiger partial charge is 0.479 e. The number of carboxylic acids is 1. The van der Waals surface area contributed by atoms with Gasteiger partial charge in [-0.25, -0.2) is 4.79 Å². The molecule has 1 aromatic heterocycles. The molecule has 0 aliphatic carbocycles. The highest BCUT2D eigenvalue weighted by atomic mass is 16.5. The number of aromatic nitrogens is 1. The van der Waals surface area contributed by atoms with E-state index in [9.17, 15) is 9.59 Å². The van der Waals surface area contributed by atoms with Crippen molar-refractivity contribution in [2.75, 3.05) is 0 Å². The summed E-state index contributed by atoms with van der Waals surface area (Å²) in [5.74, 6) is -0.606. The molecule has 6 heteroatoms. The molecule has 0 saturated carbocycles. The topological polar surface area (TPSA) is 103 Å². The average Bonchev–Trinajstić information content (AvgIpc) is 2.52. The van der Waals surface area contributed by atoms with Crippen molar-refractivity contribution in [3.63, 3.8) is 0 Å². The molecule has 0 aliphatic rings. The van der Waals surface area contributed by atoms with Crippen LogP contribution in [0.3, 0.4) is 0 Å². The second-order valence-corrected chi connectivity index (χ2v) is 5.04. The van der Waals surface area contributed by atoms with Gasteiger partial charge in [-0.2, -0.15) is 5.26 Å². The maximum absolute atomic E-state index is 11.6. The first kappa shape index (κ1) is 16.3. The van der Waals surface area contributed by atoms with Crippen LogP contribution in [-0.2, 0) is 4.79 Å². The molecule has 118 valence electrons. The Bertz CT molecular complexity index is 833. The highest BCUT2D eigenvalue weighted by Gasteiger charge is 2.17. The molecule has 0 aliphatic heterocycles. The van der Waals surface area contributed by atoms with Crippen LogP contribution >= 0.6 is 0 Å². The van der Waals surface area contributed by atoms with Crippen LogP contribution in [0.2, 0.25) is 0 Å². The number of aryl methyl sites for hydroxylation is 1. The maximum atomic E-state index is 11.6. The van der Waals surface area contributed by atoms with Crippen molar-refractivity contribution in [2.45, 2.75) is 26.4 Å². The molecule has 2 rings (SSSR count). The van der Waals surface area contributed by atoms with Crippen molar-refractivity contribution in [1.29, 1.82) is 5.26 Å². The van der Waals surface area contributed by atoms with Gasteiger partial charge in [0.05, 0.1) is 0 Å². The van der Waals surface area contributed by atoms with E-state index >= 15 is 0 Å². The molecule has 2 N–H and O–H groups in total. The molecule has 0 radical (unpaired) electrons. The third-order valence-electron chi connectivity index (χ3n) is 3.43. The Morgan fingerprint density at radius 1 is 1.43 bits per heavy atom. The molecule has 0 saturated heterocycles. The number of nitriles is 1. The second-order valence-electron chi connectivity index (χ2n) is 5.04. The Morgan fingerprint density at radius 2 is 2.17 bits per heavy atom. The minimum atomic E-state index is -1.02. The van der Waals surface area contributed by atoms with E-state index in [-0.39, 0.29) is 5.56 Å². The molecule has 1 atom stereocenters. The van der Waals surface area contributed by atoms with E-state index in [0.29, 0.717) is 23.4 Å². The summed E-state index contributed by atoms with van der Waals surface area (Å²) in [4.78, 5) is 25.3. The summed E-state index contributed by atoms with van der Waals surface area (Å²) in [6, 6.07) is 10.3. The summed E-state index contributed by atoms with van der Waals surface area (Å²) in [5.41, 5.74) is 1.63. The van der Waals surface area contributed by atoms with E-state index in [1.807, 2.05) is 6.07 Å². The Balaban J connectivity index is 2.43. The number of rotatable bonds is 5. The molecule has 1 heterocycles. The fraction of sp³-hybridized carbons (Fsp3) is 0.235. The summed E-state index contributed by atoms with van der Waals surface area (Å²) >= 11 is 0. The van der Waals surface area contributed by atoms with Gasteiger partial charge in [0.25, 0.3) is 5.56 Å². The van der Waals surface area contributed by atoms with Crippen molar-refractivity contribution in [1.82, 2.24) is 4.98 Å². The lowest BCUT2D eigenvalue weighted by atomic mass is 10.0. The van der Waals surface area contributed by atoms with Crippen LogP contribution < -0.4 is 10.3 Å². The summed E-state index contributed by atoms with van der Waals surface area (Å²) in [6.07, 6.45) is -0.577. The first-order valence-corrected chi connectivity index (χ1v) is 7.10. The standard InChI is InChI=1S/C17H16N2O4/c1-3-15(17(21)22)23-13-6-4-5-11(7-13)14-8-12(9-18)16(20)19-10(14)2/h4-8,15H,3H2,1-2H3,(H,19,20)(H,21,22). The van der Waals surface area contributed by atoms with Crippen LogP contribution in [0.1, 0.15) is 24.6 Å². The highest BCUT2D eigenvalue weighted by Crippen LogP contribution is 2.26. The highest BCUT2D eigenvalue weighted by molar-refractivity contribution is 5.73. The fourth-order valence-electron chi connectivity index (χ4n) is 2.22. The number of ether oxygens (including phenoxy) is 1. The fourth-order valence-corrected chi connectivity index (χ4v) is 2.22. The molecule has 0 fully saturated rings. The number of aromatic amines is 1. The van der Waals surface area contributed by atoms with Crippen LogP contribution in [0.5, 0.6) is 5.75 Å². The van der Waals surface area contributed by atoms with Crippen LogP contribution in [0, 0.1) is 18.3 Å². The van der Waals surface area contributed by atoms with Crippen molar-refractivity contribution in [3.05, 3.63) is 51.9 Å². The van der Waals surface area contributed by atoms with Gasteiger partial charge in [-0.05, 0) is 37.1 Å². The zero-order valence-corrected chi connectivity index (χ0v) is 12.8. The minimum Gasteiger partial charge on any atom is -0.479 e. The van der Waals surface area contributed by atoms with Crippen LogP contribution in [0.4, 0.5) is 0 Å². The average molecular weight is 312 g/mol. The number of H-pyrrole nitrogens is 1. The Labute approximate surface area is 133 Å². The van der Waals surface area contributed by atoms with Crippen LogP contribution in [-0.4, -0.2) is 22.2 Å². The van der Waals surface area contributed by atoms with Crippen molar-refractivity contribution >= 4 is 5.97 Å². The number of nitrogens with one attached hydrogen (secondary N) is 1. The number of nitrogens with zero attached hydrogens (tertiary/aromatic N) is 1. The molecule has 1 aromatic carbocycles. The lowest BCUT2D eigenvalue weighted by Crippen LogP contribution is -2.25. The molecule has 6 nitrogen and oxygen atoms in total. The smallest absolute Gasteiger partial charge is 0.344 e. The zero-order chi connectivity index (χ0) is 17.0. The first-order valence-electron chi connectivity index (χ1n) is 7.10. The summed E-state index contributed by atoms with van der Waals surface area (Å²) < 4.78 is 5.47. The SMILES string of the molecule is CCC(Oc1cccc(-c2cc(C#N)c(=O)[nH]c2C)c1)C(=O)O. The van der Waals surface area contributed by atoms with Crippen molar-refractivity contribution < 1.29 is 14.6 Å². The quantitative estimate of drug-likeness (QED) is 0.882. The van der Waals surface area contributed by atoms with E-state index in [0.717, 1.165) is 5.56 Å². The van der Waals surface area contributed by atoms with Gasteiger partial charge in [-0.3, -0.25) is 4.79 Å². The maximum Gasteiger partial charge on any atom is 0.344 e. The van der Waals surface area contributed by atoms with Crippen molar-refractivity contribution in [2.24, 2.45) is 0 Å². The predicted octanol–water partition coefficient (Wildman–Crippen LogP) is 2.46. The van der Waals surface area contributed by atoms with E-state index in [1.165, 1.54) is 6.07 Å². The van der Waals surface area contributed by atoms with Gasteiger partial charge in [-0.1, -0.05) is 19.1 Å². The second kappa shape index (κ2) is 6.79. The molecule has 1 unspecified atom stereocenters. The first-order chi connectivity index (χ1) is 11.0. The summed E-state index contributed by atoms with van der Waals surface area (Å²) in [7, 11) is 0. The Kier molecular flexibility index (Phi) is 4.82. The molecule has 0 bridgehead atoms. The minimum absolute atomic E-state index is 0.0221. The molecule has 0 spiro atoms. The Hall–Kier alpha value is -3.07. The molecule has 2 aromatic rings. The molecule has 0 amide bonds. The number of aliphatic carboxylic acids is 1. The van der Waals surface area contributed by atoms with E-state index < -0.39 is 17.6 Å². The van der Waals surface area contributed by atoms with Gasteiger partial charge in [0.15, 0.2) is 6.10 Å². The lowest BCUT2D eigenvalue weighted by molar-refractivity contribution is -0.145. The number of carboxylic acid groups (broad SMARTS) is 1. The summed E-state index contributed by atoms with van der Waals surface area (Å²) in [6.45, 7) is 3.46. The lowest BCUT2D eigenvalue weighted by Gasteiger charge is -2.14. The zero-order valence-electron chi connectivity index (χ0n) is 12.8. The van der Waals surface area contributed by atoms with Crippen LogP contribution in [0.15, 0.2) is 35.1 Å². The molecular weight excluding hydrogens is 296 g/mol. The van der Waals surface area contributed by atoms with E-state index in [2.05, 4.69) is 4.98 Å². The van der Waals surface area contributed by atoms with Gasteiger partial charge in [0.1, 0.15) is 17.4 Å². The van der Waals surface area contributed by atoms with Crippen LogP contribution in [0.25, 0.3) is 11.1 Å². The molecule has 23 heavy (non-hydrogen) atoms. The van der Waals surface area contributed by atoms with Gasteiger partial charge < -0.3 is 14.8 Å². The number of hydrogen-bond donors (Lipinski definition) is 2. The van der Waals surface area contributed by atoms with Gasteiger partial charge in [0.2, 0.25) is 0 Å². The Morgan fingerprint density at radius 3 is 2.78 bits per heavy atom. The van der Waals surface area contributed by atoms with E-state index in [4.69, 9.17) is 15.1 Å². The van der Waals surface area contributed by atoms with Gasteiger partial charge in [-0.15, -0.1) is 0 Å². The number of hydrogen-bond acceptors (Lipinski definition) is 4. The number of pyridine rings is 1. The predicted molar refractivity (Wildman–Crippen MR) is 84.3 cm³/mol. The normalized spacial score (nSPS) is 11.5. The van der Waals surface area contributed by atoms with Crippen molar-refractivity contribution in [3.8, 4) is 22.9 Å². The number of benzene rings is 1. The summed E-state index contributed by atoms with van der Waals surface area (Å²) in [5, 5.41) is 18.1. The van der Waals surface area contributed by atoms with Gasteiger partial charge >= 0.3 is 5.97 Å². The van der Waals surface area contributed by atoms with E-state index in [1.54, 1.807) is 38.1 Å². The third-order valence-corrected chi connectivity index (χ3v) is 3.43. The van der Waals surface area contributed by atoms with Gasteiger partial charge in [0, 0.05) is 11.3 Å². The molecular formula is C17H16N2O4. The monoisotopic (exact) mass is 312 g/mol. The third kappa shape index (κ3) is 3.58. The number of carbonyl (C=O) groups is 1.